The van der Waals surface area contributed by atoms with E-state index >= 15 is 0 Å². The average molecular weight is 376 g/mol. The number of amides is 1. The largest absolute Gasteiger partial charge is 0.463 e. The number of aromatic nitrogens is 2. The van der Waals surface area contributed by atoms with E-state index in [2.05, 4.69) is 15.3 Å². The van der Waals surface area contributed by atoms with Crippen molar-refractivity contribution in [3.8, 4) is 0 Å². The van der Waals surface area contributed by atoms with E-state index < -0.39 is 11.6 Å². The number of nitrogens with one attached hydrogen (secondary N) is 1. The molecule has 1 atom stereocenters. The van der Waals surface area contributed by atoms with Crippen LogP contribution in [0.15, 0.2) is 18.5 Å². The maximum Gasteiger partial charge on any atom is 0.410 e. The van der Waals surface area contributed by atoms with E-state index in [9.17, 15) is 9.59 Å². The molecule has 0 spiro atoms. The fourth-order valence-corrected chi connectivity index (χ4v) is 2.64. The Morgan fingerprint density at radius 3 is 2.74 bits per heavy atom. The summed E-state index contributed by atoms with van der Waals surface area (Å²) >= 11 is 0. The Morgan fingerprint density at radius 2 is 2.11 bits per heavy atom. The van der Waals surface area contributed by atoms with Crippen molar-refractivity contribution in [1.29, 1.82) is 0 Å². The molecule has 27 heavy (non-hydrogen) atoms. The van der Waals surface area contributed by atoms with Crippen LogP contribution in [0.5, 0.6) is 0 Å². The van der Waals surface area contributed by atoms with Gasteiger partial charge in [0.2, 0.25) is 0 Å². The highest BCUT2D eigenvalue weighted by atomic mass is 16.6. The van der Waals surface area contributed by atoms with Gasteiger partial charge in [0.1, 0.15) is 11.4 Å². The topological polar surface area (TPSA) is 93.7 Å². The molecule has 0 aliphatic carbocycles. The Bertz CT molecular complexity index is 667. The smallest absolute Gasteiger partial charge is 0.410 e. The number of anilines is 1. The molecule has 1 N–H and O–H groups in total. The molecule has 1 aromatic heterocycles. The van der Waals surface area contributed by atoms with Crippen molar-refractivity contribution < 1.29 is 19.1 Å². The van der Waals surface area contributed by atoms with Gasteiger partial charge in [-0.1, -0.05) is 0 Å². The number of hydrogen-bond donors (Lipinski definition) is 1. The summed E-state index contributed by atoms with van der Waals surface area (Å²) < 4.78 is 10.3. The molecule has 1 aliphatic heterocycles. The molecule has 8 heteroatoms. The summed E-state index contributed by atoms with van der Waals surface area (Å²) in [5.74, 6) is 0.213. The number of esters is 1. The zero-order chi connectivity index (χ0) is 19.9. The summed E-state index contributed by atoms with van der Waals surface area (Å²) in [6.45, 7) is 8.91. The first-order valence-electron chi connectivity index (χ1n) is 9.18. The Kier molecular flexibility index (Phi) is 7.15. The minimum absolute atomic E-state index is 0.0847. The summed E-state index contributed by atoms with van der Waals surface area (Å²) in [5.41, 5.74) is 0.0585. The van der Waals surface area contributed by atoms with E-state index in [0.717, 1.165) is 12.8 Å². The summed E-state index contributed by atoms with van der Waals surface area (Å²) in [5, 5.41) is 3.30. The van der Waals surface area contributed by atoms with E-state index in [1.54, 1.807) is 30.3 Å². The molecule has 1 saturated heterocycles. The predicted octanol–water partition coefficient (Wildman–Crippen LogP) is 2.86. The molecule has 2 rings (SSSR count). The minimum atomic E-state index is -0.504. The van der Waals surface area contributed by atoms with Crippen LogP contribution in [0.2, 0.25) is 0 Å². The highest BCUT2D eigenvalue weighted by molar-refractivity contribution is 5.86. The molecule has 0 bridgehead atoms. The van der Waals surface area contributed by atoms with Gasteiger partial charge in [0.15, 0.2) is 0 Å². The van der Waals surface area contributed by atoms with Crippen molar-refractivity contribution in [2.75, 3.05) is 25.0 Å². The molecule has 0 radical (unpaired) electrons. The molecule has 0 aromatic carbocycles. The summed E-state index contributed by atoms with van der Waals surface area (Å²) in [7, 11) is 0. The second kappa shape index (κ2) is 9.34. The number of carbonyl (C=O) groups is 2. The standard InChI is InChI=1S/C19H28N4O4/c1-5-26-17(24)9-8-14-11-21-16(12-20-14)22-15-7-6-10-23(13-15)18(25)27-19(2,3)4/h8-9,11-12,15H,5-7,10,13H2,1-4H3,(H,21,22)/b9-8+/t15-/m1/s1. The molecule has 8 nitrogen and oxygen atoms in total. The van der Waals surface area contributed by atoms with Crippen LogP contribution >= 0.6 is 0 Å². The number of nitrogens with zero attached hydrogens (tertiary/aromatic N) is 3. The number of rotatable bonds is 5. The number of hydrogen-bond acceptors (Lipinski definition) is 7. The van der Waals surface area contributed by atoms with Crippen LogP contribution in [-0.2, 0) is 14.3 Å². The fourth-order valence-electron chi connectivity index (χ4n) is 2.64. The van der Waals surface area contributed by atoms with Gasteiger partial charge in [-0.2, -0.15) is 0 Å². The third-order valence-corrected chi connectivity index (χ3v) is 3.77. The number of ether oxygens (including phenoxy) is 2. The number of piperidine rings is 1. The summed E-state index contributed by atoms with van der Waals surface area (Å²) in [6, 6.07) is 0.0847. The van der Waals surface area contributed by atoms with Crippen molar-refractivity contribution in [3.05, 3.63) is 24.2 Å². The Labute approximate surface area is 160 Å². The minimum Gasteiger partial charge on any atom is -0.463 e. The summed E-state index contributed by atoms with van der Waals surface area (Å²) in [6.07, 6.45) is 7.60. The lowest BCUT2D eigenvalue weighted by molar-refractivity contribution is -0.137. The van der Waals surface area contributed by atoms with Gasteiger partial charge in [-0.25, -0.2) is 14.6 Å². The second-order valence-electron chi connectivity index (χ2n) is 7.32. The van der Waals surface area contributed by atoms with Gasteiger partial charge in [-0.05, 0) is 46.6 Å². The predicted molar refractivity (Wildman–Crippen MR) is 102 cm³/mol. The maximum atomic E-state index is 12.2. The van der Waals surface area contributed by atoms with Crippen LogP contribution in [0.4, 0.5) is 10.6 Å². The highest BCUT2D eigenvalue weighted by Gasteiger charge is 2.27. The average Bonchev–Trinajstić information content (AvgIpc) is 2.60. The van der Waals surface area contributed by atoms with Gasteiger partial charge in [-0.15, -0.1) is 0 Å². The quantitative estimate of drug-likeness (QED) is 0.624. The lowest BCUT2D eigenvalue weighted by Gasteiger charge is -2.34. The van der Waals surface area contributed by atoms with Gasteiger partial charge in [0, 0.05) is 25.2 Å². The normalized spacial score (nSPS) is 17.6. The lowest BCUT2D eigenvalue weighted by atomic mass is 10.1. The Hall–Kier alpha value is -2.64. The van der Waals surface area contributed by atoms with Crippen LogP contribution in [0.3, 0.4) is 0 Å². The van der Waals surface area contributed by atoms with Crippen LogP contribution < -0.4 is 5.32 Å². The lowest BCUT2D eigenvalue weighted by Crippen LogP contribution is -2.47. The molecule has 1 aliphatic rings. The Balaban J connectivity index is 1.89. The van der Waals surface area contributed by atoms with Crippen molar-refractivity contribution in [2.24, 2.45) is 0 Å². The van der Waals surface area contributed by atoms with Gasteiger partial charge in [-0.3, -0.25) is 4.98 Å². The van der Waals surface area contributed by atoms with Gasteiger partial charge >= 0.3 is 12.1 Å². The Morgan fingerprint density at radius 1 is 1.33 bits per heavy atom. The molecule has 1 amide bonds. The molecule has 148 valence electrons. The van der Waals surface area contributed by atoms with E-state index in [1.165, 1.54) is 6.08 Å². The zero-order valence-corrected chi connectivity index (χ0v) is 16.4. The van der Waals surface area contributed by atoms with E-state index in [4.69, 9.17) is 9.47 Å². The molecule has 0 saturated carbocycles. The van der Waals surface area contributed by atoms with Crippen molar-refractivity contribution in [1.82, 2.24) is 14.9 Å². The first-order valence-corrected chi connectivity index (χ1v) is 9.18. The van der Waals surface area contributed by atoms with Crippen molar-refractivity contribution >= 4 is 24.0 Å². The van der Waals surface area contributed by atoms with Gasteiger partial charge < -0.3 is 19.7 Å². The van der Waals surface area contributed by atoms with E-state index in [-0.39, 0.29) is 12.1 Å². The maximum absolute atomic E-state index is 12.2. The monoisotopic (exact) mass is 376 g/mol. The molecule has 1 aromatic rings. The molecular weight excluding hydrogens is 348 g/mol. The van der Waals surface area contributed by atoms with Crippen LogP contribution in [-0.4, -0.2) is 58.3 Å². The molecule has 0 unspecified atom stereocenters. The van der Waals surface area contributed by atoms with Crippen molar-refractivity contribution in [3.63, 3.8) is 0 Å². The molecular formula is C19H28N4O4. The number of likely N-dealkylation sites (tertiary alicyclic amines) is 1. The van der Waals surface area contributed by atoms with E-state index in [1.807, 2.05) is 20.8 Å². The third kappa shape index (κ3) is 7.24. The third-order valence-electron chi connectivity index (χ3n) is 3.77. The van der Waals surface area contributed by atoms with Crippen LogP contribution in [0.1, 0.15) is 46.2 Å². The van der Waals surface area contributed by atoms with E-state index in [0.29, 0.717) is 31.2 Å². The summed E-state index contributed by atoms with van der Waals surface area (Å²) in [4.78, 5) is 33.8. The molecule has 2 heterocycles. The van der Waals surface area contributed by atoms with Crippen molar-refractivity contribution in [2.45, 2.75) is 52.2 Å². The van der Waals surface area contributed by atoms with Gasteiger partial charge in [0.05, 0.1) is 24.7 Å². The fraction of sp³-hybridized carbons (Fsp3) is 0.579. The first kappa shape index (κ1) is 20.7. The SMILES string of the molecule is CCOC(=O)/C=C/c1cnc(N[C@@H]2CCCN(C(=O)OC(C)(C)C)C2)cn1. The first-order chi connectivity index (χ1) is 12.8. The van der Waals surface area contributed by atoms with Crippen LogP contribution in [0, 0.1) is 0 Å². The highest BCUT2D eigenvalue weighted by Crippen LogP contribution is 2.17. The second-order valence-corrected chi connectivity index (χ2v) is 7.32. The zero-order valence-electron chi connectivity index (χ0n) is 16.4. The van der Waals surface area contributed by atoms with Crippen LogP contribution in [0.25, 0.3) is 6.08 Å². The number of carbonyl (C=O) groups excluding carboxylic acids is 2. The molecule has 1 fully saturated rings. The van der Waals surface area contributed by atoms with Gasteiger partial charge in [0.25, 0.3) is 0 Å².